The van der Waals surface area contributed by atoms with E-state index in [1.165, 1.54) is 11.8 Å². The summed E-state index contributed by atoms with van der Waals surface area (Å²) in [5.41, 5.74) is 0.190. The van der Waals surface area contributed by atoms with Gasteiger partial charge in [-0.25, -0.2) is 4.79 Å². The van der Waals surface area contributed by atoms with Gasteiger partial charge in [-0.3, -0.25) is 19.3 Å². The Morgan fingerprint density at radius 2 is 1.68 bits per heavy atom. The van der Waals surface area contributed by atoms with Crippen molar-refractivity contribution in [1.82, 2.24) is 15.1 Å². The largest absolute Gasteiger partial charge is 0.442 e. The molecule has 0 radical (unpaired) electrons. The molecule has 1 N–H and O–H groups in total. The number of carbonyl (C=O) groups excluding carboxylic acids is 4. The third-order valence-electron chi connectivity index (χ3n) is 4.86. The van der Waals surface area contributed by atoms with Crippen LogP contribution in [0.4, 0.5) is 4.79 Å². The second-order valence-corrected chi connectivity index (χ2v) is 8.17. The van der Waals surface area contributed by atoms with Gasteiger partial charge in [0.05, 0.1) is 23.7 Å². The fourth-order valence-electron chi connectivity index (χ4n) is 3.58. The van der Waals surface area contributed by atoms with Gasteiger partial charge in [-0.15, -0.1) is 0 Å². The van der Waals surface area contributed by atoms with E-state index in [-0.39, 0.29) is 12.5 Å². The maximum atomic E-state index is 12.9. The molecular formula is C20H25N3O5. The zero-order chi connectivity index (χ0) is 20.6. The molecule has 2 heterocycles. The number of hydrogen-bond donors (Lipinski definition) is 1. The van der Waals surface area contributed by atoms with Crippen LogP contribution in [-0.4, -0.2) is 64.4 Å². The summed E-state index contributed by atoms with van der Waals surface area (Å²) in [6, 6.07) is 6.01. The molecule has 2 unspecified atom stereocenters. The van der Waals surface area contributed by atoms with Crippen molar-refractivity contribution in [2.45, 2.75) is 51.8 Å². The summed E-state index contributed by atoms with van der Waals surface area (Å²) >= 11 is 0. The van der Waals surface area contributed by atoms with Gasteiger partial charge in [0.1, 0.15) is 6.10 Å². The maximum absolute atomic E-state index is 12.9. The molecule has 1 saturated heterocycles. The molecule has 2 atom stereocenters. The zero-order valence-electron chi connectivity index (χ0n) is 16.5. The van der Waals surface area contributed by atoms with Crippen LogP contribution >= 0.6 is 0 Å². The van der Waals surface area contributed by atoms with E-state index in [4.69, 9.17) is 4.74 Å². The van der Waals surface area contributed by atoms with Crippen molar-refractivity contribution >= 4 is 23.8 Å². The van der Waals surface area contributed by atoms with Gasteiger partial charge < -0.3 is 15.0 Å². The Labute approximate surface area is 163 Å². The molecule has 0 bridgehead atoms. The van der Waals surface area contributed by atoms with Gasteiger partial charge in [0.15, 0.2) is 0 Å². The average molecular weight is 387 g/mol. The molecule has 0 aliphatic carbocycles. The van der Waals surface area contributed by atoms with E-state index in [2.05, 4.69) is 5.32 Å². The van der Waals surface area contributed by atoms with Gasteiger partial charge in [-0.05, 0) is 39.3 Å². The number of hydrogen-bond acceptors (Lipinski definition) is 5. The van der Waals surface area contributed by atoms with Crippen LogP contribution in [-0.2, 0) is 9.53 Å². The van der Waals surface area contributed by atoms with Gasteiger partial charge in [-0.1, -0.05) is 12.1 Å². The number of imide groups is 1. The van der Waals surface area contributed by atoms with E-state index in [1.54, 1.807) is 29.2 Å². The van der Waals surface area contributed by atoms with Crippen LogP contribution in [0.3, 0.4) is 0 Å². The van der Waals surface area contributed by atoms with Crippen LogP contribution < -0.4 is 5.32 Å². The number of alkyl carbamates (subject to hydrolysis) is 1. The number of piperidine rings is 1. The Morgan fingerprint density at radius 1 is 1.11 bits per heavy atom. The molecule has 1 aromatic rings. The summed E-state index contributed by atoms with van der Waals surface area (Å²) in [7, 11) is 0. The molecule has 0 saturated carbocycles. The number of nitrogens with one attached hydrogen (secondary N) is 1. The lowest BCUT2D eigenvalue weighted by atomic mass is 9.99. The first kappa shape index (κ1) is 19.9. The number of fused-ring (bicyclic) bond motifs is 1. The number of rotatable bonds is 2. The number of amides is 4. The normalized spacial score (nSPS) is 22.1. The standard InChI is InChI=1S/C20H25N3O5/c1-12(24)22-10-9-15(16(11-22)28-19(27)21-20(2,3)4)23-17(25)13-7-5-6-8-14(13)18(23)26/h5-8,15-16H,9-11H2,1-4H3,(H,21,27). The van der Waals surface area contributed by atoms with E-state index in [0.717, 1.165) is 0 Å². The van der Waals surface area contributed by atoms with Crippen molar-refractivity contribution in [3.05, 3.63) is 35.4 Å². The van der Waals surface area contributed by atoms with Crippen molar-refractivity contribution in [1.29, 1.82) is 0 Å². The van der Waals surface area contributed by atoms with Crippen LogP contribution in [0.15, 0.2) is 24.3 Å². The number of likely N-dealkylation sites (tertiary alicyclic amines) is 1. The lowest BCUT2D eigenvalue weighted by molar-refractivity contribution is -0.133. The molecule has 8 nitrogen and oxygen atoms in total. The van der Waals surface area contributed by atoms with E-state index in [0.29, 0.717) is 24.1 Å². The predicted molar refractivity (Wildman–Crippen MR) is 101 cm³/mol. The summed E-state index contributed by atoms with van der Waals surface area (Å²) in [5.74, 6) is -0.941. The number of nitrogens with zero attached hydrogens (tertiary/aromatic N) is 2. The molecule has 3 rings (SSSR count). The van der Waals surface area contributed by atoms with Crippen molar-refractivity contribution in [2.24, 2.45) is 0 Å². The Hall–Kier alpha value is -2.90. The summed E-state index contributed by atoms with van der Waals surface area (Å²) in [6.07, 6.45) is -1.11. The minimum atomic E-state index is -0.804. The Balaban J connectivity index is 1.85. The van der Waals surface area contributed by atoms with Crippen molar-refractivity contribution in [2.75, 3.05) is 13.1 Å². The van der Waals surface area contributed by atoms with Crippen molar-refractivity contribution in [3.8, 4) is 0 Å². The van der Waals surface area contributed by atoms with Gasteiger partial charge in [-0.2, -0.15) is 0 Å². The van der Waals surface area contributed by atoms with Gasteiger partial charge in [0, 0.05) is 19.0 Å². The zero-order valence-corrected chi connectivity index (χ0v) is 16.5. The lowest BCUT2D eigenvalue weighted by Crippen LogP contribution is -2.58. The number of carbonyl (C=O) groups is 4. The quantitative estimate of drug-likeness (QED) is 0.781. The number of benzene rings is 1. The van der Waals surface area contributed by atoms with E-state index in [1.807, 2.05) is 20.8 Å². The highest BCUT2D eigenvalue weighted by Gasteiger charge is 2.46. The minimum absolute atomic E-state index is 0.130. The second kappa shape index (κ2) is 7.26. The number of ether oxygens (including phenoxy) is 1. The van der Waals surface area contributed by atoms with Crippen LogP contribution in [0.25, 0.3) is 0 Å². The first-order valence-corrected chi connectivity index (χ1v) is 9.29. The molecular weight excluding hydrogens is 362 g/mol. The molecule has 4 amide bonds. The van der Waals surface area contributed by atoms with Crippen LogP contribution in [0.2, 0.25) is 0 Å². The van der Waals surface area contributed by atoms with Crippen molar-refractivity contribution < 1.29 is 23.9 Å². The second-order valence-electron chi connectivity index (χ2n) is 8.17. The molecule has 0 aromatic heterocycles. The van der Waals surface area contributed by atoms with E-state index >= 15 is 0 Å². The Kier molecular flexibility index (Phi) is 5.14. The highest BCUT2D eigenvalue weighted by Crippen LogP contribution is 2.30. The first-order valence-electron chi connectivity index (χ1n) is 9.29. The van der Waals surface area contributed by atoms with E-state index < -0.39 is 35.6 Å². The third-order valence-corrected chi connectivity index (χ3v) is 4.86. The molecule has 2 aliphatic rings. The third kappa shape index (κ3) is 3.85. The van der Waals surface area contributed by atoms with Gasteiger partial charge >= 0.3 is 6.09 Å². The molecule has 0 spiro atoms. The fraction of sp³-hybridized carbons (Fsp3) is 0.500. The van der Waals surface area contributed by atoms with Gasteiger partial charge in [0.2, 0.25) is 5.91 Å². The topological polar surface area (TPSA) is 96.0 Å². The minimum Gasteiger partial charge on any atom is -0.442 e. The molecule has 8 heteroatoms. The average Bonchev–Trinajstić information content (AvgIpc) is 2.85. The molecule has 28 heavy (non-hydrogen) atoms. The molecule has 1 aromatic carbocycles. The monoisotopic (exact) mass is 387 g/mol. The summed E-state index contributed by atoms with van der Waals surface area (Å²) in [6.45, 7) is 7.41. The van der Waals surface area contributed by atoms with Crippen LogP contribution in [0.1, 0.15) is 54.8 Å². The molecule has 150 valence electrons. The Morgan fingerprint density at radius 3 is 2.18 bits per heavy atom. The first-order chi connectivity index (χ1) is 13.1. The highest BCUT2D eigenvalue weighted by molar-refractivity contribution is 6.21. The van der Waals surface area contributed by atoms with Gasteiger partial charge in [0.25, 0.3) is 11.8 Å². The lowest BCUT2D eigenvalue weighted by Gasteiger charge is -2.41. The van der Waals surface area contributed by atoms with E-state index in [9.17, 15) is 19.2 Å². The predicted octanol–water partition coefficient (Wildman–Crippen LogP) is 1.80. The Bertz CT molecular complexity index is 794. The summed E-state index contributed by atoms with van der Waals surface area (Å²) in [4.78, 5) is 52.6. The molecule has 2 aliphatic heterocycles. The highest BCUT2D eigenvalue weighted by atomic mass is 16.6. The van der Waals surface area contributed by atoms with Crippen LogP contribution in [0, 0.1) is 0 Å². The maximum Gasteiger partial charge on any atom is 0.407 e. The summed E-state index contributed by atoms with van der Waals surface area (Å²) < 4.78 is 5.58. The fourth-order valence-corrected chi connectivity index (χ4v) is 3.58. The van der Waals surface area contributed by atoms with Crippen LogP contribution in [0.5, 0.6) is 0 Å². The SMILES string of the molecule is CC(=O)N1CCC(N2C(=O)c3ccccc3C2=O)C(OC(=O)NC(C)(C)C)C1. The smallest absolute Gasteiger partial charge is 0.407 e. The summed E-state index contributed by atoms with van der Waals surface area (Å²) in [5, 5.41) is 2.71. The molecule has 1 fully saturated rings. The van der Waals surface area contributed by atoms with Crippen molar-refractivity contribution in [3.63, 3.8) is 0 Å².